The molecule has 1 aromatic heterocycles. The molecule has 1 N–H and O–H groups in total. The SMILES string of the molecule is C#CCC(=O)c1cn(C2CNC2)nn1. The van der Waals surface area contributed by atoms with E-state index in [1.54, 1.807) is 10.9 Å². The molecular weight excluding hydrogens is 180 g/mol. The van der Waals surface area contributed by atoms with Gasteiger partial charge in [-0.15, -0.1) is 11.5 Å². The second-order valence-electron chi connectivity index (χ2n) is 3.20. The quantitative estimate of drug-likeness (QED) is 0.522. The number of terminal acetylenes is 1. The van der Waals surface area contributed by atoms with Crippen molar-refractivity contribution in [1.29, 1.82) is 0 Å². The molecule has 0 saturated carbocycles. The van der Waals surface area contributed by atoms with Gasteiger partial charge in [-0.05, 0) is 0 Å². The summed E-state index contributed by atoms with van der Waals surface area (Å²) in [6.45, 7) is 1.76. The van der Waals surface area contributed by atoms with E-state index < -0.39 is 0 Å². The van der Waals surface area contributed by atoms with Crippen LogP contribution in [0.15, 0.2) is 6.20 Å². The molecule has 14 heavy (non-hydrogen) atoms. The molecule has 5 heteroatoms. The molecule has 0 spiro atoms. The van der Waals surface area contributed by atoms with Gasteiger partial charge < -0.3 is 5.32 Å². The van der Waals surface area contributed by atoms with Crippen molar-refractivity contribution in [2.24, 2.45) is 0 Å². The maximum Gasteiger partial charge on any atom is 0.196 e. The first-order valence-corrected chi connectivity index (χ1v) is 4.40. The number of nitrogens with one attached hydrogen (secondary N) is 1. The van der Waals surface area contributed by atoms with E-state index in [1.165, 1.54) is 0 Å². The van der Waals surface area contributed by atoms with Crippen molar-refractivity contribution in [1.82, 2.24) is 20.3 Å². The number of nitrogens with zero attached hydrogens (tertiary/aromatic N) is 3. The Balaban J connectivity index is 2.09. The average Bonchev–Trinajstić information content (AvgIpc) is 2.50. The Morgan fingerprint density at radius 2 is 2.57 bits per heavy atom. The third-order valence-corrected chi connectivity index (χ3v) is 2.19. The molecule has 1 aliphatic rings. The van der Waals surface area contributed by atoms with Gasteiger partial charge in [-0.3, -0.25) is 4.79 Å². The molecule has 0 amide bonds. The van der Waals surface area contributed by atoms with Crippen LogP contribution >= 0.6 is 0 Å². The lowest BCUT2D eigenvalue weighted by Crippen LogP contribution is -2.43. The van der Waals surface area contributed by atoms with Gasteiger partial charge in [-0.25, -0.2) is 4.68 Å². The van der Waals surface area contributed by atoms with Crippen molar-refractivity contribution in [3.8, 4) is 12.3 Å². The molecule has 0 atom stereocenters. The van der Waals surface area contributed by atoms with E-state index in [2.05, 4.69) is 21.5 Å². The number of carbonyl (C=O) groups is 1. The lowest BCUT2D eigenvalue weighted by molar-refractivity contribution is 0.0993. The Labute approximate surface area is 81.5 Å². The number of aromatic nitrogens is 3. The zero-order valence-corrected chi connectivity index (χ0v) is 7.60. The van der Waals surface area contributed by atoms with Crippen LogP contribution in [0.4, 0.5) is 0 Å². The number of Topliss-reactive ketones (excluding diaryl/α,β-unsaturated/α-hetero) is 1. The van der Waals surface area contributed by atoms with E-state index in [4.69, 9.17) is 6.42 Å². The van der Waals surface area contributed by atoms with Crippen LogP contribution in [-0.2, 0) is 0 Å². The van der Waals surface area contributed by atoms with Gasteiger partial charge in [-0.1, -0.05) is 11.1 Å². The van der Waals surface area contributed by atoms with Crippen LogP contribution in [0, 0.1) is 12.3 Å². The van der Waals surface area contributed by atoms with Crippen LogP contribution < -0.4 is 5.32 Å². The van der Waals surface area contributed by atoms with Gasteiger partial charge in [0.15, 0.2) is 5.78 Å². The highest BCUT2D eigenvalue weighted by Gasteiger charge is 2.21. The van der Waals surface area contributed by atoms with E-state index in [9.17, 15) is 4.79 Å². The molecule has 72 valence electrons. The Hall–Kier alpha value is -1.67. The molecule has 1 aromatic rings. The van der Waals surface area contributed by atoms with Crippen LogP contribution in [0.1, 0.15) is 23.0 Å². The van der Waals surface area contributed by atoms with Gasteiger partial charge in [-0.2, -0.15) is 0 Å². The maximum absolute atomic E-state index is 11.3. The Morgan fingerprint density at radius 1 is 1.79 bits per heavy atom. The fourth-order valence-electron chi connectivity index (χ4n) is 1.23. The first-order chi connectivity index (χ1) is 6.81. The predicted molar refractivity (Wildman–Crippen MR) is 49.7 cm³/mol. The van der Waals surface area contributed by atoms with E-state index in [0.29, 0.717) is 11.7 Å². The fourth-order valence-corrected chi connectivity index (χ4v) is 1.23. The minimum Gasteiger partial charge on any atom is -0.312 e. The van der Waals surface area contributed by atoms with Crippen molar-refractivity contribution in [2.75, 3.05) is 13.1 Å². The third kappa shape index (κ3) is 1.52. The molecule has 0 aliphatic carbocycles. The van der Waals surface area contributed by atoms with Gasteiger partial charge in [0.05, 0.1) is 18.7 Å². The van der Waals surface area contributed by atoms with Gasteiger partial charge in [0.1, 0.15) is 5.69 Å². The first-order valence-electron chi connectivity index (χ1n) is 4.40. The summed E-state index contributed by atoms with van der Waals surface area (Å²) in [4.78, 5) is 11.3. The monoisotopic (exact) mass is 190 g/mol. The van der Waals surface area contributed by atoms with Crippen molar-refractivity contribution in [3.05, 3.63) is 11.9 Å². The summed E-state index contributed by atoms with van der Waals surface area (Å²) in [6.07, 6.45) is 6.78. The summed E-state index contributed by atoms with van der Waals surface area (Å²) in [6, 6.07) is 0.329. The fraction of sp³-hybridized carbons (Fsp3) is 0.444. The molecule has 1 aliphatic heterocycles. The number of carbonyl (C=O) groups excluding carboxylic acids is 1. The first kappa shape index (κ1) is 8.91. The maximum atomic E-state index is 11.3. The number of ketones is 1. The second kappa shape index (κ2) is 3.60. The highest BCUT2D eigenvalue weighted by molar-refractivity contribution is 5.95. The second-order valence-corrected chi connectivity index (χ2v) is 3.20. The number of hydrogen-bond donors (Lipinski definition) is 1. The predicted octanol–water partition coefficient (Wildman–Crippen LogP) is -0.372. The third-order valence-electron chi connectivity index (χ3n) is 2.19. The van der Waals surface area contributed by atoms with Crippen LogP contribution in [0.2, 0.25) is 0 Å². The summed E-state index contributed by atoms with van der Waals surface area (Å²) in [5, 5.41) is 10.8. The van der Waals surface area contributed by atoms with Crippen molar-refractivity contribution in [3.63, 3.8) is 0 Å². The summed E-state index contributed by atoms with van der Waals surface area (Å²) >= 11 is 0. The molecule has 0 bridgehead atoms. The Morgan fingerprint density at radius 3 is 3.14 bits per heavy atom. The van der Waals surface area contributed by atoms with Crippen LogP contribution in [0.3, 0.4) is 0 Å². The van der Waals surface area contributed by atoms with Crippen molar-refractivity contribution < 1.29 is 4.79 Å². The molecule has 1 saturated heterocycles. The topological polar surface area (TPSA) is 59.8 Å². The molecule has 0 radical (unpaired) electrons. The summed E-state index contributed by atoms with van der Waals surface area (Å²) < 4.78 is 1.71. The smallest absolute Gasteiger partial charge is 0.196 e. The summed E-state index contributed by atoms with van der Waals surface area (Å²) in [5.41, 5.74) is 0.356. The van der Waals surface area contributed by atoms with Crippen molar-refractivity contribution >= 4 is 5.78 Å². The van der Waals surface area contributed by atoms with Gasteiger partial charge >= 0.3 is 0 Å². The normalized spacial score (nSPS) is 15.9. The van der Waals surface area contributed by atoms with E-state index >= 15 is 0 Å². The van der Waals surface area contributed by atoms with Gasteiger partial charge in [0.2, 0.25) is 0 Å². The zero-order valence-electron chi connectivity index (χ0n) is 7.60. The average molecular weight is 190 g/mol. The molecule has 0 unspecified atom stereocenters. The van der Waals surface area contributed by atoms with Gasteiger partial charge in [0, 0.05) is 13.1 Å². The van der Waals surface area contributed by atoms with E-state index in [0.717, 1.165) is 13.1 Å². The molecular formula is C9H10N4O. The lowest BCUT2D eigenvalue weighted by Gasteiger charge is -2.26. The standard InChI is InChI=1S/C9H10N4O/c1-2-3-9(14)8-6-13(12-11-8)7-4-10-5-7/h1,6-7,10H,3-5H2. The van der Waals surface area contributed by atoms with Gasteiger partial charge in [0.25, 0.3) is 0 Å². The van der Waals surface area contributed by atoms with E-state index in [-0.39, 0.29) is 12.2 Å². The minimum absolute atomic E-state index is 0.0849. The minimum atomic E-state index is -0.147. The number of rotatable bonds is 3. The largest absolute Gasteiger partial charge is 0.312 e. The highest BCUT2D eigenvalue weighted by atomic mass is 16.1. The zero-order chi connectivity index (χ0) is 9.97. The molecule has 2 heterocycles. The molecule has 2 rings (SSSR count). The Bertz CT molecular complexity index is 386. The van der Waals surface area contributed by atoms with Crippen LogP contribution in [-0.4, -0.2) is 33.9 Å². The molecule has 1 fully saturated rings. The highest BCUT2D eigenvalue weighted by Crippen LogP contribution is 2.10. The van der Waals surface area contributed by atoms with Crippen LogP contribution in [0.25, 0.3) is 0 Å². The molecule has 0 aromatic carbocycles. The summed E-state index contributed by atoms with van der Waals surface area (Å²) in [7, 11) is 0. The number of hydrogen-bond acceptors (Lipinski definition) is 4. The van der Waals surface area contributed by atoms with Crippen LogP contribution in [0.5, 0.6) is 0 Å². The lowest BCUT2D eigenvalue weighted by atomic mass is 10.2. The van der Waals surface area contributed by atoms with E-state index in [1.807, 2.05) is 0 Å². The van der Waals surface area contributed by atoms with Crippen molar-refractivity contribution in [2.45, 2.75) is 12.5 Å². The summed E-state index contributed by atoms with van der Waals surface area (Å²) in [5.74, 6) is 2.15. The Kier molecular flexibility index (Phi) is 2.29. The molecule has 5 nitrogen and oxygen atoms in total.